The molecular formula is C30H23N5O2S. The van der Waals surface area contributed by atoms with Crippen molar-refractivity contribution in [2.45, 2.75) is 5.92 Å². The molecule has 0 atom stereocenters. The molecule has 2 heterocycles. The Kier molecular flexibility index (Phi) is 6.07. The molecule has 0 fully saturated rings. The summed E-state index contributed by atoms with van der Waals surface area (Å²) in [5, 5.41) is 20.0. The molecule has 0 spiro atoms. The average Bonchev–Trinajstić information content (AvgIpc) is 3.55. The molecule has 8 heteroatoms. The number of non-ortho nitro benzene ring substituents is 1. The van der Waals surface area contributed by atoms with Gasteiger partial charge in [-0.05, 0) is 65.3 Å². The van der Waals surface area contributed by atoms with Gasteiger partial charge in [-0.15, -0.1) is 0 Å². The molecule has 0 aliphatic rings. The first-order valence-electron chi connectivity index (χ1n) is 12.1. The van der Waals surface area contributed by atoms with Crippen molar-refractivity contribution >= 4 is 56.2 Å². The number of hydrogen-bond acceptors (Lipinski definition) is 3. The van der Waals surface area contributed by atoms with Gasteiger partial charge in [0.2, 0.25) is 0 Å². The van der Waals surface area contributed by atoms with E-state index in [0.717, 1.165) is 22.3 Å². The maximum Gasteiger partial charge on any atom is 0.269 e. The lowest BCUT2D eigenvalue weighted by atomic mass is 9.84. The number of para-hydroxylation sites is 2. The third-order valence-electron chi connectivity index (χ3n) is 6.68. The summed E-state index contributed by atoms with van der Waals surface area (Å²) >= 11 is 5.53. The third-order valence-corrected chi connectivity index (χ3v) is 6.88. The summed E-state index contributed by atoms with van der Waals surface area (Å²) in [6.07, 6.45) is 4.19. The Morgan fingerprint density at radius 2 is 1.32 bits per heavy atom. The number of fused-ring (bicyclic) bond motifs is 2. The zero-order valence-corrected chi connectivity index (χ0v) is 21.0. The van der Waals surface area contributed by atoms with Crippen LogP contribution in [0.3, 0.4) is 0 Å². The monoisotopic (exact) mass is 517 g/mol. The van der Waals surface area contributed by atoms with Gasteiger partial charge < -0.3 is 20.6 Å². The molecule has 0 unspecified atom stereocenters. The van der Waals surface area contributed by atoms with Crippen LogP contribution in [0.4, 0.5) is 17.1 Å². The van der Waals surface area contributed by atoms with Crippen LogP contribution in [-0.2, 0) is 0 Å². The van der Waals surface area contributed by atoms with Crippen LogP contribution in [0.2, 0.25) is 0 Å². The number of thiocarbonyl (C=S) groups is 1. The third kappa shape index (κ3) is 4.49. The Hall–Kier alpha value is -4.95. The number of aromatic amines is 2. The highest BCUT2D eigenvalue weighted by atomic mass is 32.1. The van der Waals surface area contributed by atoms with Crippen LogP contribution in [0.25, 0.3) is 21.8 Å². The molecule has 0 bridgehead atoms. The number of nitrogens with one attached hydrogen (secondary N) is 4. The largest absolute Gasteiger partial charge is 0.361 e. The summed E-state index contributed by atoms with van der Waals surface area (Å²) in [6.45, 7) is 0. The fourth-order valence-electron chi connectivity index (χ4n) is 4.95. The van der Waals surface area contributed by atoms with Crippen molar-refractivity contribution in [3.05, 3.63) is 136 Å². The number of nitro groups is 1. The van der Waals surface area contributed by atoms with Gasteiger partial charge in [-0.2, -0.15) is 0 Å². The molecule has 2 aromatic heterocycles. The van der Waals surface area contributed by atoms with Gasteiger partial charge in [0.1, 0.15) is 0 Å². The summed E-state index contributed by atoms with van der Waals surface area (Å²) in [6, 6.07) is 31.0. The molecule has 6 aromatic rings. The van der Waals surface area contributed by atoms with Gasteiger partial charge in [0.25, 0.3) is 5.69 Å². The van der Waals surface area contributed by atoms with Crippen LogP contribution < -0.4 is 10.6 Å². The second kappa shape index (κ2) is 9.84. The van der Waals surface area contributed by atoms with Gasteiger partial charge in [0.05, 0.1) is 4.92 Å². The minimum atomic E-state index is -0.427. The van der Waals surface area contributed by atoms with Crippen LogP contribution in [0.15, 0.2) is 109 Å². The van der Waals surface area contributed by atoms with Crippen molar-refractivity contribution < 1.29 is 4.92 Å². The Morgan fingerprint density at radius 3 is 1.92 bits per heavy atom. The van der Waals surface area contributed by atoms with E-state index in [2.05, 4.69) is 81.5 Å². The van der Waals surface area contributed by atoms with Crippen LogP contribution >= 0.6 is 12.2 Å². The molecule has 0 saturated carbocycles. The average molecular weight is 518 g/mol. The van der Waals surface area contributed by atoms with Crippen LogP contribution in [-0.4, -0.2) is 20.0 Å². The number of nitro benzene ring substituents is 1. The first-order chi connectivity index (χ1) is 18.6. The summed E-state index contributed by atoms with van der Waals surface area (Å²) in [4.78, 5) is 17.4. The molecular weight excluding hydrogens is 494 g/mol. The van der Waals surface area contributed by atoms with Crippen LogP contribution in [0, 0.1) is 10.1 Å². The molecule has 0 radical (unpaired) electrons. The topological polar surface area (TPSA) is 98.8 Å². The Balaban J connectivity index is 1.35. The summed E-state index contributed by atoms with van der Waals surface area (Å²) in [7, 11) is 0. The number of H-pyrrole nitrogens is 2. The molecule has 186 valence electrons. The molecule has 0 amide bonds. The molecule has 7 nitrogen and oxygen atoms in total. The van der Waals surface area contributed by atoms with Gasteiger partial charge >= 0.3 is 0 Å². The maximum atomic E-state index is 10.9. The van der Waals surface area contributed by atoms with Crippen LogP contribution in [0.1, 0.15) is 22.6 Å². The minimum Gasteiger partial charge on any atom is -0.361 e. The van der Waals surface area contributed by atoms with E-state index in [4.69, 9.17) is 12.2 Å². The number of aromatic nitrogens is 2. The second-order valence-corrected chi connectivity index (χ2v) is 9.43. The lowest BCUT2D eigenvalue weighted by molar-refractivity contribution is -0.384. The van der Waals surface area contributed by atoms with Gasteiger partial charge in [-0.3, -0.25) is 10.1 Å². The number of rotatable bonds is 6. The summed E-state index contributed by atoms with van der Waals surface area (Å²) < 4.78 is 0. The molecule has 38 heavy (non-hydrogen) atoms. The minimum absolute atomic E-state index is 0.0275. The predicted octanol–water partition coefficient (Wildman–Crippen LogP) is 7.55. The van der Waals surface area contributed by atoms with Gasteiger partial charge in [-0.25, -0.2) is 0 Å². The summed E-state index contributed by atoms with van der Waals surface area (Å²) in [5.74, 6) is -0.0275. The van der Waals surface area contributed by atoms with Gasteiger partial charge in [0, 0.05) is 63.6 Å². The first kappa shape index (κ1) is 23.4. The highest BCUT2D eigenvalue weighted by Crippen LogP contribution is 2.40. The van der Waals surface area contributed by atoms with E-state index in [1.807, 2.05) is 24.3 Å². The molecule has 0 aliphatic carbocycles. The van der Waals surface area contributed by atoms with E-state index in [9.17, 15) is 10.1 Å². The van der Waals surface area contributed by atoms with Crippen molar-refractivity contribution in [3.63, 3.8) is 0 Å². The molecule has 0 saturated heterocycles. The van der Waals surface area contributed by atoms with E-state index in [1.165, 1.54) is 34.0 Å². The highest BCUT2D eigenvalue weighted by Gasteiger charge is 2.23. The number of anilines is 2. The lowest BCUT2D eigenvalue weighted by Gasteiger charge is -2.19. The van der Waals surface area contributed by atoms with E-state index < -0.39 is 4.92 Å². The maximum absolute atomic E-state index is 10.9. The van der Waals surface area contributed by atoms with Crippen molar-refractivity contribution in [1.82, 2.24) is 9.97 Å². The summed E-state index contributed by atoms with van der Waals surface area (Å²) in [5.41, 5.74) is 7.21. The highest BCUT2D eigenvalue weighted by molar-refractivity contribution is 7.80. The van der Waals surface area contributed by atoms with Crippen molar-refractivity contribution in [1.29, 1.82) is 0 Å². The SMILES string of the molecule is O=[N+]([O-])c1ccc(NC(=S)Nc2cccc(C(c3c[nH]c4ccccc34)c3c[nH]c4ccccc34)c2)cc1. The standard InChI is InChI=1S/C30H23N5O2S/c36-35(37)22-14-12-20(13-15-22)33-30(38)34-21-7-5-6-19(16-21)29(25-17-31-27-10-3-1-8-23(25)27)26-18-32-28-11-4-2-9-24(26)28/h1-18,29,31-32H,(H2,33,34,38). The van der Waals surface area contributed by atoms with E-state index in [0.29, 0.717) is 10.8 Å². The zero-order valence-electron chi connectivity index (χ0n) is 20.1. The molecule has 6 rings (SSSR count). The van der Waals surface area contributed by atoms with Gasteiger partial charge in [0.15, 0.2) is 5.11 Å². The van der Waals surface area contributed by atoms with E-state index >= 15 is 0 Å². The number of hydrogen-bond donors (Lipinski definition) is 4. The fourth-order valence-corrected chi connectivity index (χ4v) is 5.18. The molecule has 0 aliphatic heterocycles. The quantitative estimate of drug-likeness (QED) is 0.104. The Morgan fingerprint density at radius 1 is 0.737 bits per heavy atom. The fraction of sp³-hybridized carbons (Fsp3) is 0.0333. The lowest BCUT2D eigenvalue weighted by Crippen LogP contribution is -2.19. The zero-order chi connectivity index (χ0) is 26.1. The normalized spacial score (nSPS) is 11.2. The molecule has 4 aromatic carbocycles. The molecule has 4 N–H and O–H groups in total. The number of benzene rings is 4. The predicted molar refractivity (Wildman–Crippen MR) is 157 cm³/mol. The van der Waals surface area contributed by atoms with Gasteiger partial charge in [-0.1, -0.05) is 48.5 Å². The smallest absolute Gasteiger partial charge is 0.269 e. The van der Waals surface area contributed by atoms with E-state index in [1.54, 1.807) is 12.1 Å². The number of nitrogens with zero attached hydrogens (tertiary/aromatic N) is 1. The van der Waals surface area contributed by atoms with Crippen LogP contribution in [0.5, 0.6) is 0 Å². The van der Waals surface area contributed by atoms with Crippen molar-refractivity contribution in [3.8, 4) is 0 Å². The second-order valence-electron chi connectivity index (χ2n) is 9.02. The first-order valence-corrected chi connectivity index (χ1v) is 12.5. The van der Waals surface area contributed by atoms with E-state index in [-0.39, 0.29) is 11.6 Å². The Labute approximate surface area is 223 Å². The van der Waals surface area contributed by atoms with Crippen molar-refractivity contribution in [2.75, 3.05) is 10.6 Å². The Bertz CT molecular complexity index is 1710. The van der Waals surface area contributed by atoms with Crippen molar-refractivity contribution in [2.24, 2.45) is 0 Å².